The number of ether oxygens (including phenoxy) is 2. The van der Waals surface area contributed by atoms with Crippen LogP contribution in [0.15, 0.2) is 64.2 Å². The average molecular weight is 598 g/mol. The molecule has 0 saturated heterocycles. The average Bonchev–Trinajstić information content (AvgIpc) is 2.89. The first kappa shape index (κ1) is 28.7. The van der Waals surface area contributed by atoms with E-state index in [0.717, 1.165) is 11.1 Å². The SMILES string of the molecule is CCOc1cc(C=NNC(=O)CCC(=O)Nc2ccc(C)c(Cl)c2)cc(Br)c1OCc1ccccc1C#N. The van der Waals surface area contributed by atoms with Crippen molar-refractivity contribution in [1.29, 1.82) is 5.26 Å². The summed E-state index contributed by atoms with van der Waals surface area (Å²) in [6.45, 7) is 4.32. The van der Waals surface area contributed by atoms with E-state index in [1.165, 1.54) is 6.21 Å². The Balaban J connectivity index is 1.56. The minimum absolute atomic E-state index is 0.00610. The zero-order valence-corrected chi connectivity index (χ0v) is 23.2. The summed E-state index contributed by atoms with van der Waals surface area (Å²) >= 11 is 9.57. The second-order valence-corrected chi connectivity index (χ2v) is 9.39. The van der Waals surface area contributed by atoms with Gasteiger partial charge in [-0.15, -0.1) is 0 Å². The van der Waals surface area contributed by atoms with Gasteiger partial charge in [0, 0.05) is 29.1 Å². The second kappa shape index (κ2) is 14.2. The fraction of sp³-hybridized carbons (Fsp3) is 0.214. The second-order valence-electron chi connectivity index (χ2n) is 8.13. The maximum atomic E-state index is 12.1. The summed E-state index contributed by atoms with van der Waals surface area (Å²) in [6.07, 6.45) is 1.43. The molecule has 3 rings (SSSR count). The molecule has 3 aromatic rings. The van der Waals surface area contributed by atoms with Gasteiger partial charge >= 0.3 is 0 Å². The highest BCUT2D eigenvalue weighted by atomic mass is 79.9. The molecule has 0 aliphatic heterocycles. The summed E-state index contributed by atoms with van der Waals surface area (Å²) in [5, 5.41) is 16.6. The van der Waals surface area contributed by atoms with Gasteiger partial charge in [0.25, 0.3) is 0 Å². The quantitative estimate of drug-likeness (QED) is 0.204. The van der Waals surface area contributed by atoms with Crippen molar-refractivity contribution in [2.45, 2.75) is 33.3 Å². The molecule has 0 heterocycles. The Labute approximate surface area is 234 Å². The Morgan fingerprint density at radius 2 is 1.87 bits per heavy atom. The topological polar surface area (TPSA) is 113 Å². The summed E-state index contributed by atoms with van der Waals surface area (Å²) in [5.74, 6) is 0.263. The lowest BCUT2D eigenvalue weighted by Crippen LogP contribution is -2.20. The van der Waals surface area contributed by atoms with Gasteiger partial charge < -0.3 is 14.8 Å². The predicted octanol–water partition coefficient (Wildman–Crippen LogP) is 6.13. The van der Waals surface area contributed by atoms with Crippen molar-refractivity contribution in [3.05, 3.63) is 86.3 Å². The first-order valence-electron chi connectivity index (χ1n) is 11.8. The Morgan fingerprint density at radius 3 is 2.61 bits per heavy atom. The third-order valence-electron chi connectivity index (χ3n) is 5.28. The van der Waals surface area contributed by atoms with E-state index in [4.69, 9.17) is 21.1 Å². The van der Waals surface area contributed by atoms with Gasteiger partial charge in [0.2, 0.25) is 11.8 Å². The molecular weight excluding hydrogens is 572 g/mol. The fourth-order valence-electron chi connectivity index (χ4n) is 3.33. The van der Waals surface area contributed by atoms with Crippen molar-refractivity contribution >= 4 is 51.2 Å². The molecule has 196 valence electrons. The van der Waals surface area contributed by atoms with Crippen molar-refractivity contribution in [2.24, 2.45) is 5.10 Å². The van der Waals surface area contributed by atoms with Crippen molar-refractivity contribution < 1.29 is 19.1 Å². The van der Waals surface area contributed by atoms with E-state index in [-0.39, 0.29) is 25.4 Å². The highest BCUT2D eigenvalue weighted by Gasteiger charge is 2.13. The first-order valence-corrected chi connectivity index (χ1v) is 12.9. The lowest BCUT2D eigenvalue weighted by Gasteiger charge is -2.15. The van der Waals surface area contributed by atoms with E-state index >= 15 is 0 Å². The normalized spacial score (nSPS) is 10.6. The number of hydrogen-bond acceptors (Lipinski definition) is 6. The molecule has 0 aliphatic rings. The van der Waals surface area contributed by atoms with Gasteiger partial charge in [0.05, 0.1) is 28.9 Å². The Bertz CT molecular complexity index is 1390. The van der Waals surface area contributed by atoms with Crippen LogP contribution in [0.3, 0.4) is 0 Å². The number of hydrogen-bond donors (Lipinski definition) is 2. The highest BCUT2D eigenvalue weighted by molar-refractivity contribution is 9.10. The van der Waals surface area contributed by atoms with E-state index in [2.05, 4.69) is 37.8 Å². The number of amides is 2. The minimum Gasteiger partial charge on any atom is -0.490 e. The van der Waals surface area contributed by atoms with Crippen LogP contribution in [-0.2, 0) is 16.2 Å². The number of hydrazone groups is 1. The third kappa shape index (κ3) is 8.33. The molecule has 0 spiro atoms. The molecule has 2 N–H and O–H groups in total. The van der Waals surface area contributed by atoms with Crippen LogP contribution in [0.2, 0.25) is 5.02 Å². The number of halogens is 2. The molecule has 8 nitrogen and oxygen atoms in total. The number of nitriles is 1. The van der Waals surface area contributed by atoms with Crippen LogP contribution in [0.5, 0.6) is 11.5 Å². The highest BCUT2D eigenvalue weighted by Crippen LogP contribution is 2.37. The van der Waals surface area contributed by atoms with Crippen LogP contribution in [0.25, 0.3) is 0 Å². The molecule has 0 aliphatic carbocycles. The molecule has 0 bridgehead atoms. The van der Waals surface area contributed by atoms with Gasteiger partial charge in [0.15, 0.2) is 11.5 Å². The monoisotopic (exact) mass is 596 g/mol. The summed E-state index contributed by atoms with van der Waals surface area (Å²) in [5.41, 5.74) is 5.85. The third-order valence-corrected chi connectivity index (χ3v) is 6.28. The molecular formula is C28H26BrClN4O4. The number of nitrogens with one attached hydrogen (secondary N) is 2. The molecule has 0 radical (unpaired) electrons. The molecule has 0 aromatic heterocycles. The molecule has 3 aromatic carbocycles. The zero-order chi connectivity index (χ0) is 27.5. The van der Waals surface area contributed by atoms with E-state index in [0.29, 0.717) is 44.4 Å². The fourth-order valence-corrected chi connectivity index (χ4v) is 4.08. The molecule has 0 unspecified atom stereocenters. The van der Waals surface area contributed by atoms with Gasteiger partial charge in [-0.1, -0.05) is 35.9 Å². The van der Waals surface area contributed by atoms with Crippen molar-refractivity contribution in [1.82, 2.24) is 5.43 Å². The molecule has 10 heteroatoms. The Morgan fingerprint density at radius 1 is 1.11 bits per heavy atom. The zero-order valence-electron chi connectivity index (χ0n) is 20.9. The van der Waals surface area contributed by atoms with Crippen molar-refractivity contribution in [3.63, 3.8) is 0 Å². The van der Waals surface area contributed by atoms with Crippen LogP contribution in [0.4, 0.5) is 5.69 Å². The molecule has 0 atom stereocenters. The van der Waals surface area contributed by atoms with Crippen LogP contribution in [0.1, 0.15) is 42.0 Å². The van der Waals surface area contributed by atoms with Gasteiger partial charge in [-0.05, 0) is 71.2 Å². The molecule has 0 saturated carbocycles. The first-order chi connectivity index (χ1) is 18.3. The van der Waals surface area contributed by atoms with Gasteiger partial charge in [-0.25, -0.2) is 5.43 Å². The summed E-state index contributed by atoms with van der Waals surface area (Å²) in [6, 6.07) is 18.1. The van der Waals surface area contributed by atoms with Gasteiger partial charge in [0.1, 0.15) is 6.61 Å². The molecule has 38 heavy (non-hydrogen) atoms. The largest absolute Gasteiger partial charge is 0.490 e. The number of carbonyl (C=O) groups excluding carboxylic acids is 2. The number of aryl methyl sites for hydroxylation is 1. The van der Waals surface area contributed by atoms with Crippen molar-refractivity contribution in [3.8, 4) is 17.6 Å². The van der Waals surface area contributed by atoms with E-state index in [1.54, 1.807) is 42.5 Å². The lowest BCUT2D eigenvalue weighted by atomic mass is 10.1. The van der Waals surface area contributed by atoms with Crippen molar-refractivity contribution in [2.75, 3.05) is 11.9 Å². The maximum Gasteiger partial charge on any atom is 0.240 e. The van der Waals surface area contributed by atoms with Crippen LogP contribution >= 0.6 is 27.5 Å². The summed E-state index contributed by atoms with van der Waals surface area (Å²) in [4.78, 5) is 24.3. The van der Waals surface area contributed by atoms with Crippen LogP contribution < -0.4 is 20.2 Å². The van der Waals surface area contributed by atoms with E-state index in [1.807, 2.05) is 26.0 Å². The number of rotatable bonds is 11. The smallest absolute Gasteiger partial charge is 0.240 e. The Hall–Kier alpha value is -3.87. The number of nitrogens with zero attached hydrogens (tertiary/aromatic N) is 2. The minimum atomic E-state index is -0.404. The van der Waals surface area contributed by atoms with E-state index < -0.39 is 5.91 Å². The maximum absolute atomic E-state index is 12.1. The predicted molar refractivity (Wildman–Crippen MR) is 151 cm³/mol. The molecule has 2 amide bonds. The van der Waals surface area contributed by atoms with Gasteiger partial charge in [-0.3, -0.25) is 9.59 Å². The Kier molecular flexibility index (Phi) is 10.7. The van der Waals surface area contributed by atoms with Crippen LogP contribution in [0, 0.1) is 18.3 Å². The standard InChI is InChI=1S/C28H26BrClN4O4/c1-3-37-25-13-19(12-23(29)28(25)38-17-21-7-5-4-6-20(21)15-31)16-32-34-27(36)11-10-26(35)33-22-9-8-18(2)24(30)14-22/h4-9,12-14,16H,3,10-11,17H2,1-2H3,(H,33,35)(H,34,36). The van der Waals surface area contributed by atoms with Crippen LogP contribution in [-0.4, -0.2) is 24.6 Å². The number of carbonyl (C=O) groups is 2. The summed E-state index contributed by atoms with van der Waals surface area (Å²) < 4.78 is 12.3. The number of anilines is 1. The summed E-state index contributed by atoms with van der Waals surface area (Å²) in [7, 11) is 0. The number of benzene rings is 3. The molecule has 0 fully saturated rings. The van der Waals surface area contributed by atoms with E-state index in [9.17, 15) is 14.9 Å². The van der Waals surface area contributed by atoms with Gasteiger partial charge in [-0.2, -0.15) is 10.4 Å². The lowest BCUT2D eigenvalue weighted by molar-refractivity contribution is -0.124.